The molecule has 0 radical (unpaired) electrons. The zero-order valence-electron chi connectivity index (χ0n) is 18.8. The fourth-order valence-electron chi connectivity index (χ4n) is 4.70. The van der Waals surface area contributed by atoms with E-state index < -0.39 is 48.9 Å². The van der Waals surface area contributed by atoms with E-state index in [1.165, 1.54) is 6.07 Å². The van der Waals surface area contributed by atoms with Gasteiger partial charge >= 0.3 is 0 Å². The first kappa shape index (κ1) is 25.0. The average molecular weight is 519 g/mol. The molecule has 2 fully saturated rings. The Balaban J connectivity index is 1.60. The molecular formula is C22H26ClF3N4O3S. The van der Waals surface area contributed by atoms with Crippen LogP contribution in [0.25, 0.3) is 0 Å². The van der Waals surface area contributed by atoms with Crippen molar-refractivity contribution in [1.29, 1.82) is 0 Å². The Kier molecular flexibility index (Phi) is 7.01. The number of benzene rings is 1. The predicted molar refractivity (Wildman–Crippen MR) is 123 cm³/mol. The third-order valence-electron chi connectivity index (χ3n) is 6.59. The summed E-state index contributed by atoms with van der Waals surface area (Å²) < 4.78 is 76.5. The van der Waals surface area contributed by atoms with Crippen LogP contribution in [-0.2, 0) is 14.8 Å². The molecular weight excluding hydrogens is 493 g/mol. The number of anilines is 2. The van der Waals surface area contributed by atoms with Gasteiger partial charge in [-0.1, -0.05) is 17.7 Å². The lowest BCUT2D eigenvalue weighted by atomic mass is 10.0. The first-order chi connectivity index (χ1) is 16.0. The predicted octanol–water partition coefficient (Wildman–Crippen LogP) is 4.03. The number of hydrogen-bond donors (Lipinski definition) is 1. The number of rotatable bonds is 7. The zero-order chi connectivity index (χ0) is 24.7. The highest BCUT2D eigenvalue weighted by Gasteiger charge is 2.42. The van der Waals surface area contributed by atoms with Gasteiger partial charge in [0.05, 0.1) is 11.3 Å². The van der Waals surface area contributed by atoms with Gasteiger partial charge in [-0.05, 0) is 44.9 Å². The third-order valence-corrected chi connectivity index (χ3v) is 8.34. The SMILES string of the molecule is CO[C@@]1(CN2CCC[C@H]2C)CCN(c2cc(F)c(S(=O)(=O)Nc3cccc(F)n3)c(F)c2Cl)C1. The number of aromatic nitrogens is 1. The van der Waals surface area contributed by atoms with Crippen LogP contribution in [0.2, 0.25) is 5.02 Å². The van der Waals surface area contributed by atoms with Gasteiger partial charge in [-0.2, -0.15) is 4.39 Å². The first-order valence-electron chi connectivity index (χ1n) is 10.9. The molecule has 2 saturated heterocycles. The lowest BCUT2D eigenvalue weighted by Gasteiger charge is -2.34. The van der Waals surface area contributed by atoms with Crippen molar-refractivity contribution in [2.75, 3.05) is 42.9 Å². The molecule has 2 aromatic rings. The van der Waals surface area contributed by atoms with Crippen LogP contribution in [0.1, 0.15) is 26.2 Å². The number of nitrogens with one attached hydrogen (secondary N) is 1. The summed E-state index contributed by atoms with van der Waals surface area (Å²) in [5.41, 5.74) is -0.488. The van der Waals surface area contributed by atoms with E-state index in [9.17, 15) is 17.2 Å². The van der Waals surface area contributed by atoms with E-state index >= 15 is 4.39 Å². The number of sulfonamides is 1. The number of methoxy groups -OCH3 is 1. The van der Waals surface area contributed by atoms with Crippen LogP contribution in [0.4, 0.5) is 24.7 Å². The molecule has 2 aliphatic rings. The number of ether oxygens (including phenoxy) is 1. The molecule has 1 aromatic heterocycles. The number of pyridine rings is 1. The second kappa shape index (κ2) is 9.52. The van der Waals surface area contributed by atoms with E-state index in [0.717, 1.165) is 37.6 Å². The Morgan fingerprint density at radius 3 is 2.71 bits per heavy atom. The fourth-order valence-corrected chi connectivity index (χ4v) is 6.17. The summed E-state index contributed by atoms with van der Waals surface area (Å²) >= 11 is 6.21. The van der Waals surface area contributed by atoms with Crippen molar-refractivity contribution >= 4 is 33.1 Å². The highest BCUT2D eigenvalue weighted by atomic mass is 35.5. The molecule has 2 atom stereocenters. The molecule has 7 nitrogen and oxygen atoms in total. The van der Waals surface area contributed by atoms with Gasteiger partial charge in [0.2, 0.25) is 5.95 Å². The highest BCUT2D eigenvalue weighted by Crippen LogP contribution is 2.39. The van der Waals surface area contributed by atoms with Gasteiger partial charge < -0.3 is 9.64 Å². The Hall–Kier alpha value is -2.08. The maximum absolute atomic E-state index is 15.2. The van der Waals surface area contributed by atoms with E-state index in [0.29, 0.717) is 32.1 Å². The lowest BCUT2D eigenvalue weighted by molar-refractivity contribution is -0.0212. The van der Waals surface area contributed by atoms with Crippen molar-refractivity contribution in [1.82, 2.24) is 9.88 Å². The Morgan fingerprint density at radius 2 is 2.06 bits per heavy atom. The number of hydrogen-bond acceptors (Lipinski definition) is 6. The molecule has 0 unspecified atom stereocenters. The van der Waals surface area contributed by atoms with E-state index in [1.54, 1.807) is 12.0 Å². The smallest absolute Gasteiger partial charge is 0.268 e. The highest BCUT2D eigenvalue weighted by molar-refractivity contribution is 7.92. The summed E-state index contributed by atoms with van der Waals surface area (Å²) in [6, 6.07) is 4.71. The number of likely N-dealkylation sites (tertiary alicyclic amines) is 1. The molecule has 0 bridgehead atoms. The standard InChI is InChI=1S/C22H26ClF3N4O3S/c1-14-5-4-9-29(14)12-22(33-2)8-10-30(13-22)16-11-15(24)21(20(26)19(16)23)34(31,32)28-18-7-3-6-17(25)27-18/h3,6-7,11,14H,4-5,8-10,12-13H2,1-2H3,(H,27,28)/t14-,22-/m1/s1. The Labute approximate surface area is 201 Å². The van der Waals surface area contributed by atoms with Crippen LogP contribution >= 0.6 is 11.6 Å². The van der Waals surface area contributed by atoms with Crippen LogP contribution in [0, 0.1) is 17.6 Å². The van der Waals surface area contributed by atoms with Gasteiger partial charge in [-0.3, -0.25) is 9.62 Å². The van der Waals surface area contributed by atoms with Crippen molar-refractivity contribution in [3.05, 3.63) is 46.9 Å². The minimum atomic E-state index is -4.77. The minimum Gasteiger partial charge on any atom is -0.375 e. The second-order valence-corrected chi connectivity index (χ2v) is 10.8. The second-order valence-electron chi connectivity index (χ2n) is 8.81. The number of halogens is 4. The molecule has 0 aliphatic carbocycles. The van der Waals surface area contributed by atoms with Crippen molar-refractivity contribution < 1.29 is 26.3 Å². The van der Waals surface area contributed by atoms with Gasteiger partial charge in [0.25, 0.3) is 10.0 Å². The van der Waals surface area contributed by atoms with Crippen LogP contribution < -0.4 is 9.62 Å². The summed E-state index contributed by atoms with van der Waals surface area (Å²) in [5, 5.41) is -0.518. The van der Waals surface area contributed by atoms with E-state index in [1.807, 2.05) is 4.72 Å². The van der Waals surface area contributed by atoms with Crippen LogP contribution in [0.15, 0.2) is 29.2 Å². The molecule has 4 rings (SSSR count). The summed E-state index contributed by atoms with van der Waals surface area (Å²) in [5.74, 6) is -4.11. The quantitative estimate of drug-likeness (QED) is 0.440. The minimum absolute atomic E-state index is 0.0490. The maximum Gasteiger partial charge on any atom is 0.268 e. The summed E-state index contributed by atoms with van der Waals surface area (Å²) in [7, 11) is -3.15. The fraction of sp³-hybridized carbons (Fsp3) is 0.500. The summed E-state index contributed by atoms with van der Waals surface area (Å²) in [4.78, 5) is 6.15. The number of nitrogens with zero attached hydrogens (tertiary/aromatic N) is 3. The summed E-state index contributed by atoms with van der Waals surface area (Å²) in [6.07, 6.45) is 2.85. The van der Waals surface area contributed by atoms with Gasteiger partial charge in [0.15, 0.2) is 10.7 Å². The Morgan fingerprint density at radius 1 is 1.29 bits per heavy atom. The van der Waals surface area contributed by atoms with Gasteiger partial charge in [0.1, 0.15) is 16.7 Å². The molecule has 0 amide bonds. The van der Waals surface area contributed by atoms with Crippen molar-refractivity contribution in [3.63, 3.8) is 0 Å². The normalized spacial score (nSPS) is 23.6. The van der Waals surface area contributed by atoms with E-state index in [2.05, 4.69) is 16.8 Å². The largest absolute Gasteiger partial charge is 0.375 e. The lowest BCUT2D eigenvalue weighted by Crippen LogP contribution is -2.47. The molecule has 34 heavy (non-hydrogen) atoms. The van der Waals surface area contributed by atoms with Gasteiger partial charge in [0, 0.05) is 38.9 Å². The van der Waals surface area contributed by atoms with Crippen molar-refractivity contribution in [2.45, 2.75) is 42.7 Å². The zero-order valence-corrected chi connectivity index (χ0v) is 20.4. The van der Waals surface area contributed by atoms with Gasteiger partial charge in [-0.25, -0.2) is 22.2 Å². The first-order valence-corrected chi connectivity index (χ1v) is 12.8. The van der Waals surface area contributed by atoms with Crippen LogP contribution in [-0.4, -0.2) is 63.2 Å². The summed E-state index contributed by atoms with van der Waals surface area (Å²) in [6.45, 7) is 4.60. The Bertz CT molecular complexity index is 1190. The third kappa shape index (κ3) is 4.84. The van der Waals surface area contributed by atoms with Crippen molar-refractivity contribution in [3.8, 4) is 0 Å². The molecule has 3 heterocycles. The molecule has 0 spiro atoms. The molecule has 0 saturated carbocycles. The maximum atomic E-state index is 15.2. The average Bonchev–Trinajstić information content (AvgIpc) is 3.37. The molecule has 1 aromatic carbocycles. The van der Waals surface area contributed by atoms with Crippen LogP contribution in [0.3, 0.4) is 0 Å². The molecule has 12 heteroatoms. The van der Waals surface area contributed by atoms with E-state index in [-0.39, 0.29) is 5.69 Å². The molecule has 1 N–H and O–H groups in total. The topological polar surface area (TPSA) is 74.8 Å². The molecule has 186 valence electrons. The van der Waals surface area contributed by atoms with Gasteiger partial charge in [-0.15, -0.1) is 0 Å². The van der Waals surface area contributed by atoms with E-state index in [4.69, 9.17) is 16.3 Å². The molecule has 2 aliphatic heterocycles. The monoisotopic (exact) mass is 518 g/mol. The van der Waals surface area contributed by atoms with Crippen LogP contribution in [0.5, 0.6) is 0 Å². The van der Waals surface area contributed by atoms with Crippen molar-refractivity contribution in [2.24, 2.45) is 0 Å².